The van der Waals surface area contributed by atoms with Gasteiger partial charge in [-0.15, -0.1) is 0 Å². The van der Waals surface area contributed by atoms with Crippen LogP contribution >= 0.6 is 0 Å². The molecule has 142 valence electrons. The SMILES string of the molecule is O=C(O)CC[C@@H](Cc1ccc(-c2ccccc2)cc1)N1Cc2ccccc2C1. The number of aliphatic carboxylic acids is 1. The summed E-state index contributed by atoms with van der Waals surface area (Å²) in [5.41, 5.74) is 6.40. The third-order valence-corrected chi connectivity index (χ3v) is 5.61. The summed E-state index contributed by atoms with van der Waals surface area (Å²) in [5.74, 6) is -0.721. The van der Waals surface area contributed by atoms with Gasteiger partial charge in [-0.05, 0) is 40.7 Å². The van der Waals surface area contributed by atoms with Gasteiger partial charge in [0.05, 0.1) is 0 Å². The Balaban J connectivity index is 1.49. The molecule has 1 atom stereocenters. The Bertz CT molecular complexity index is 909. The van der Waals surface area contributed by atoms with Gasteiger partial charge in [0.25, 0.3) is 0 Å². The number of rotatable bonds is 7. The molecule has 1 heterocycles. The van der Waals surface area contributed by atoms with Crippen LogP contribution in [-0.4, -0.2) is 22.0 Å². The molecule has 3 aromatic rings. The Morgan fingerprint density at radius 2 is 1.39 bits per heavy atom. The second kappa shape index (κ2) is 8.41. The monoisotopic (exact) mass is 371 g/mol. The van der Waals surface area contributed by atoms with Crippen LogP contribution in [-0.2, 0) is 24.3 Å². The standard InChI is InChI=1S/C25H25NO2/c27-25(28)15-14-24(26-17-22-8-4-5-9-23(22)18-26)16-19-10-12-21(13-11-19)20-6-2-1-3-7-20/h1-13,24H,14-18H2,(H,27,28)/t24-/m0/s1. The predicted molar refractivity (Wildman–Crippen MR) is 112 cm³/mol. The van der Waals surface area contributed by atoms with Crippen LogP contribution in [0, 0.1) is 0 Å². The molecule has 3 nitrogen and oxygen atoms in total. The summed E-state index contributed by atoms with van der Waals surface area (Å²) in [6.45, 7) is 1.81. The average Bonchev–Trinajstić information content (AvgIpc) is 3.16. The molecule has 1 aliphatic heterocycles. The zero-order valence-electron chi connectivity index (χ0n) is 15.9. The van der Waals surface area contributed by atoms with Crippen LogP contribution in [0.15, 0.2) is 78.9 Å². The van der Waals surface area contributed by atoms with Crippen LogP contribution < -0.4 is 0 Å². The molecular weight excluding hydrogens is 346 g/mol. The normalized spacial score (nSPS) is 14.6. The molecule has 0 unspecified atom stereocenters. The van der Waals surface area contributed by atoms with Crippen LogP contribution in [0.25, 0.3) is 11.1 Å². The van der Waals surface area contributed by atoms with Crippen molar-refractivity contribution in [1.82, 2.24) is 4.90 Å². The number of benzene rings is 3. The molecule has 3 heteroatoms. The van der Waals surface area contributed by atoms with Crippen molar-refractivity contribution in [1.29, 1.82) is 0 Å². The number of carbonyl (C=O) groups is 1. The molecule has 0 fully saturated rings. The van der Waals surface area contributed by atoms with Crippen LogP contribution in [0.3, 0.4) is 0 Å². The van der Waals surface area contributed by atoms with Crippen molar-refractivity contribution < 1.29 is 9.90 Å². The van der Waals surface area contributed by atoms with E-state index >= 15 is 0 Å². The molecule has 28 heavy (non-hydrogen) atoms. The highest BCUT2D eigenvalue weighted by atomic mass is 16.4. The van der Waals surface area contributed by atoms with Crippen LogP contribution in [0.5, 0.6) is 0 Å². The molecule has 0 spiro atoms. The Kier molecular flexibility index (Phi) is 5.54. The van der Waals surface area contributed by atoms with E-state index in [4.69, 9.17) is 0 Å². The third-order valence-electron chi connectivity index (χ3n) is 5.61. The van der Waals surface area contributed by atoms with E-state index in [-0.39, 0.29) is 12.5 Å². The van der Waals surface area contributed by atoms with Gasteiger partial charge < -0.3 is 5.11 Å². The van der Waals surface area contributed by atoms with Gasteiger partial charge in [-0.1, -0.05) is 78.9 Å². The predicted octanol–water partition coefficient (Wildman–Crippen LogP) is 5.15. The Morgan fingerprint density at radius 3 is 2.00 bits per heavy atom. The van der Waals surface area contributed by atoms with Gasteiger partial charge in [-0.3, -0.25) is 9.69 Å². The number of fused-ring (bicyclic) bond motifs is 1. The maximum absolute atomic E-state index is 11.2. The van der Waals surface area contributed by atoms with Crippen molar-refractivity contribution >= 4 is 5.97 Å². The van der Waals surface area contributed by atoms with Gasteiger partial charge in [0.2, 0.25) is 0 Å². The Labute approximate surface area is 166 Å². The molecule has 1 N–H and O–H groups in total. The minimum absolute atomic E-state index is 0.208. The summed E-state index contributed by atoms with van der Waals surface area (Å²) in [4.78, 5) is 13.6. The topological polar surface area (TPSA) is 40.5 Å². The van der Waals surface area contributed by atoms with E-state index in [0.717, 1.165) is 19.5 Å². The number of nitrogens with zero attached hydrogens (tertiary/aromatic N) is 1. The highest BCUT2D eigenvalue weighted by Crippen LogP contribution is 2.28. The fourth-order valence-corrected chi connectivity index (χ4v) is 4.06. The second-order valence-electron chi connectivity index (χ2n) is 7.53. The van der Waals surface area contributed by atoms with Gasteiger partial charge in [-0.2, -0.15) is 0 Å². The zero-order chi connectivity index (χ0) is 19.3. The molecule has 0 aromatic heterocycles. The van der Waals surface area contributed by atoms with E-state index in [1.54, 1.807) is 0 Å². The van der Waals surface area contributed by atoms with Crippen molar-refractivity contribution in [3.05, 3.63) is 95.6 Å². The van der Waals surface area contributed by atoms with Crippen LogP contribution in [0.1, 0.15) is 29.5 Å². The highest BCUT2D eigenvalue weighted by molar-refractivity contribution is 5.66. The van der Waals surface area contributed by atoms with Gasteiger partial charge >= 0.3 is 5.97 Å². The molecular formula is C25H25NO2. The van der Waals surface area contributed by atoms with E-state index in [1.165, 1.54) is 27.8 Å². The summed E-state index contributed by atoms with van der Waals surface area (Å²) in [5, 5.41) is 9.19. The molecule has 1 aliphatic rings. The lowest BCUT2D eigenvalue weighted by Crippen LogP contribution is -2.33. The lowest BCUT2D eigenvalue weighted by atomic mass is 9.97. The molecule has 4 rings (SSSR count). The van der Waals surface area contributed by atoms with E-state index in [0.29, 0.717) is 6.42 Å². The summed E-state index contributed by atoms with van der Waals surface area (Å²) in [6, 6.07) is 27.8. The van der Waals surface area contributed by atoms with E-state index in [1.807, 2.05) is 6.07 Å². The molecule has 0 aliphatic carbocycles. The van der Waals surface area contributed by atoms with Gasteiger partial charge in [0.1, 0.15) is 0 Å². The third kappa shape index (κ3) is 4.32. The van der Waals surface area contributed by atoms with E-state index < -0.39 is 5.97 Å². The largest absolute Gasteiger partial charge is 0.481 e. The molecule has 0 amide bonds. The van der Waals surface area contributed by atoms with Crippen molar-refractivity contribution in [2.24, 2.45) is 0 Å². The lowest BCUT2D eigenvalue weighted by molar-refractivity contribution is -0.137. The lowest BCUT2D eigenvalue weighted by Gasteiger charge is -2.27. The number of carboxylic acids is 1. The minimum Gasteiger partial charge on any atom is -0.481 e. The summed E-state index contributed by atoms with van der Waals surface area (Å²) in [6.07, 6.45) is 1.75. The fraction of sp³-hybridized carbons (Fsp3) is 0.240. The van der Waals surface area contributed by atoms with Crippen molar-refractivity contribution in [2.45, 2.75) is 38.4 Å². The number of carboxylic acid groups (broad SMARTS) is 1. The summed E-state index contributed by atoms with van der Waals surface area (Å²) in [7, 11) is 0. The Hall–Kier alpha value is -2.91. The first kappa shape index (κ1) is 18.5. The number of hydrogen-bond acceptors (Lipinski definition) is 2. The first-order valence-electron chi connectivity index (χ1n) is 9.86. The zero-order valence-corrected chi connectivity index (χ0v) is 15.9. The second-order valence-corrected chi connectivity index (χ2v) is 7.53. The van der Waals surface area contributed by atoms with E-state index in [2.05, 4.69) is 77.7 Å². The van der Waals surface area contributed by atoms with E-state index in [9.17, 15) is 9.90 Å². The van der Waals surface area contributed by atoms with Crippen molar-refractivity contribution in [3.8, 4) is 11.1 Å². The molecule has 0 radical (unpaired) electrons. The van der Waals surface area contributed by atoms with Gasteiger partial charge in [0, 0.05) is 25.6 Å². The van der Waals surface area contributed by atoms with Gasteiger partial charge in [-0.25, -0.2) is 0 Å². The van der Waals surface area contributed by atoms with Crippen LogP contribution in [0.4, 0.5) is 0 Å². The van der Waals surface area contributed by atoms with Gasteiger partial charge in [0.15, 0.2) is 0 Å². The summed E-state index contributed by atoms with van der Waals surface area (Å²) < 4.78 is 0. The first-order valence-corrected chi connectivity index (χ1v) is 9.86. The van der Waals surface area contributed by atoms with Crippen molar-refractivity contribution in [3.63, 3.8) is 0 Å². The fourth-order valence-electron chi connectivity index (χ4n) is 4.06. The molecule has 3 aromatic carbocycles. The maximum atomic E-state index is 11.2. The maximum Gasteiger partial charge on any atom is 0.303 e. The number of hydrogen-bond donors (Lipinski definition) is 1. The smallest absolute Gasteiger partial charge is 0.303 e. The first-order chi connectivity index (χ1) is 13.7. The molecule has 0 bridgehead atoms. The quantitative estimate of drug-likeness (QED) is 0.625. The minimum atomic E-state index is -0.721. The summed E-state index contributed by atoms with van der Waals surface area (Å²) >= 11 is 0. The highest BCUT2D eigenvalue weighted by Gasteiger charge is 2.26. The Morgan fingerprint density at radius 1 is 0.821 bits per heavy atom. The van der Waals surface area contributed by atoms with Crippen LogP contribution in [0.2, 0.25) is 0 Å². The molecule has 0 saturated heterocycles. The molecule has 0 saturated carbocycles. The average molecular weight is 371 g/mol. The van der Waals surface area contributed by atoms with Crippen molar-refractivity contribution in [2.75, 3.05) is 0 Å².